The van der Waals surface area contributed by atoms with E-state index in [2.05, 4.69) is 10.6 Å². The van der Waals surface area contributed by atoms with Crippen LogP contribution in [0.2, 0.25) is 0 Å². The molecule has 3 rings (SSSR count). The number of fused-ring (bicyclic) bond motifs is 1. The van der Waals surface area contributed by atoms with Crippen molar-refractivity contribution in [1.29, 1.82) is 0 Å². The number of nitrogens with one attached hydrogen (secondary N) is 2. The van der Waals surface area contributed by atoms with Crippen LogP contribution < -0.4 is 20.1 Å². The van der Waals surface area contributed by atoms with Gasteiger partial charge in [0.25, 0.3) is 0 Å². The third kappa shape index (κ3) is 3.69. The average Bonchev–Trinajstić information content (AvgIpc) is 2.84. The lowest BCUT2D eigenvalue weighted by molar-refractivity contribution is -0.115. The Morgan fingerprint density at radius 2 is 2.00 bits per heavy atom. The Morgan fingerprint density at radius 1 is 1.23 bits per heavy atom. The zero-order valence-corrected chi connectivity index (χ0v) is 12.8. The number of hydrogen-bond donors (Lipinski definition) is 2. The minimum absolute atomic E-state index is 0.0780. The monoisotopic (exact) mass is 326 g/mol. The summed E-state index contributed by atoms with van der Waals surface area (Å²) >= 11 is 0. The molecule has 1 unspecified atom stereocenters. The molecular formula is C14H18N2O5S. The molecule has 120 valence electrons. The van der Waals surface area contributed by atoms with E-state index in [1.807, 2.05) is 0 Å². The summed E-state index contributed by atoms with van der Waals surface area (Å²) in [5, 5.41) is 5.72. The quantitative estimate of drug-likeness (QED) is 0.819. The third-order valence-corrected chi connectivity index (χ3v) is 5.38. The molecule has 1 saturated heterocycles. The highest BCUT2D eigenvalue weighted by Crippen LogP contribution is 2.32. The first-order chi connectivity index (χ1) is 10.5. The van der Waals surface area contributed by atoms with Gasteiger partial charge in [-0.15, -0.1) is 0 Å². The van der Waals surface area contributed by atoms with Gasteiger partial charge in [0.1, 0.15) is 13.2 Å². The van der Waals surface area contributed by atoms with Crippen molar-refractivity contribution >= 4 is 21.4 Å². The van der Waals surface area contributed by atoms with E-state index in [0.717, 1.165) is 0 Å². The highest BCUT2D eigenvalue weighted by atomic mass is 32.2. The van der Waals surface area contributed by atoms with Gasteiger partial charge in [0.2, 0.25) is 5.91 Å². The molecular weight excluding hydrogens is 308 g/mol. The molecule has 2 N–H and O–H groups in total. The second kappa shape index (κ2) is 6.13. The van der Waals surface area contributed by atoms with Crippen LogP contribution in [0.5, 0.6) is 11.5 Å². The lowest BCUT2D eigenvalue weighted by atomic mass is 10.2. The molecule has 2 aliphatic rings. The van der Waals surface area contributed by atoms with E-state index in [0.29, 0.717) is 36.8 Å². The van der Waals surface area contributed by atoms with Gasteiger partial charge in [-0.25, -0.2) is 8.42 Å². The molecule has 0 saturated carbocycles. The summed E-state index contributed by atoms with van der Waals surface area (Å²) < 4.78 is 33.6. The number of carbonyl (C=O) groups excluding carboxylic acids is 1. The number of carbonyl (C=O) groups is 1. The smallest absolute Gasteiger partial charge is 0.238 e. The SMILES string of the molecule is O=C(CNC1CCS(=O)(=O)C1)Nc1ccc2c(c1)OCCO2. The molecule has 0 radical (unpaired) electrons. The van der Waals surface area contributed by atoms with E-state index < -0.39 is 9.84 Å². The van der Waals surface area contributed by atoms with Gasteiger partial charge in [-0.05, 0) is 18.6 Å². The van der Waals surface area contributed by atoms with Crippen molar-refractivity contribution in [2.24, 2.45) is 0 Å². The van der Waals surface area contributed by atoms with Crippen LogP contribution in [0.25, 0.3) is 0 Å². The largest absolute Gasteiger partial charge is 0.486 e. The van der Waals surface area contributed by atoms with Crippen molar-refractivity contribution in [3.63, 3.8) is 0 Å². The molecule has 0 spiro atoms. The number of hydrogen-bond acceptors (Lipinski definition) is 6. The zero-order valence-electron chi connectivity index (χ0n) is 12.0. The Morgan fingerprint density at radius 3 is 2.73 bits per heavy atom. The predicted octanol–water partition coefficient (Wildman–Crippen LogP) is 0.173. The van der Waals surface area contributed by atoms with Gasteiger partial charge in [-0.1, -0.05) is 0 Å². The fraction of sp³-hybridized carbons (Fsp3) is 0.500. The maximum atomic E-state index is 11.9. The fourth-order valence-corrected chi connectivity index (χ4v) is 4.23. The van der Waals surface area contributed by atoms with Gasteiger partial charge in [0, 0.05) is 17.8 Å². The van der Waals surface area contributed by atoms with Crippen molar-refractivity contribution < 1.29 is 22.7 Å². The van der Waals surface area contributed by atoms with Crippen LogP contribution in [0.15, 0.2) is 18.2 Å². The molecule has 1 aromatic rings. The predicted molar refractivity (Wildman–Crippen MR) is 81.1 cm³/mol. The third-order valence-electron chi connectivity index (χ3n) is 3.61. The van der Waals surface area contributed by atoms with E-state index in [1.165, 1.54) is 0 Å². The van der Waals surface area contributed by atoms with Crippen LogP contribution in [-0.4, -0.2) is 51.6 Å². The van der Waals surface area contributed by atoms with Gasteiger partial charge in [0.15, 0.2) is 21.3 Å². The second-order valence-electron chi connectivity index (χ2n) is 5.39. The summed E-state index contributed by atoms with van der Waals surface area (Å²) in [5.41, 5.74) is 0.620. The number of rotatable bonds is 4. The minimum Gasteiger partial charge on any atom is -0.486 e. The van der Waals surface area contributed by atoms with Crippen LogP contribution in [0.4, 0.5) is 5.69 Å². The topological polar surface area (TPSA) is 93.7 Å². The molecule has 1 amide bonds. The fourth-order valence-electron chi connectivity index (χ4n) is 2.52. The number of sulfone groups is 1. The van der Waals surface area contributed by atoms with Crippen LogP contribution in [0.3, 0.4) is 0 Å². The highest BCUT2D eigenvalue weighted by molar-refractivity contribution is 7.91. The summed E-state index contributed by atoms with van der Waals surface area (Å²) in [6, 6.07) is 5.06. The van der Waals surface area contributed by atoms with Crippen LogP contribution in [0.1, 0.15) is 6.42 Å². The molecule has 0 aliphatic carbocycles. The first-order valence-corrected chi connectivity index (χ1v) is 8.97. The van der Waals surface area contributed by atoms with Gasteiger partial charge in [0.05, 0.1) is 18.1 Å². The lowest BCUT2D eigenvalue weighted by Crippen LogP contribution is -2.36. The van der Waals surface area contributed by atoms with Crippen molar-refractivity contribution in [2.45, 2.75) is 12.5 Å². The molecule has 0 bridgehead atoms. The molecule has 7 nitrogen and oxygen atoms in total. The van der Waals surface area contributed by atoms with Crippen molar-refractivity contribution in [1.82, 2.24) is 5.32 Å². The van der Waals surface area contributed by atoms with Gasteiger partial charge < -0.3 is 20.1 Å². The maximum absolute atomic E-state index is 11.9. The van der Waals surface area contributed by atoms with Crippen molar-refractivity contribution in [3.8, 4) is 11.5 Å². The van der Waals surface area contributed by atoms with E-state index in [-0.39, 0.29) is 30.0 Å². The lowest BCUT2D eigenvalue weighted by Gasteiger charge is -2.19. The molecule has 1 fully saturated rings. The van der Waals surface area contributed by atoms with Crippen molar-refractivity contribution in [3.05, 3.63) is 18.2 Å². The van der Waals surface area contributed by atoms with Crippen LogP contribution in [0, 0.1) is 0 Å². The summed E-state index contributed by atoms with van der Waals surface area (Å²) in [5.74, 6) is 1.34. The van der Waals surface area contributed by atoms with E-state index in [4.69, 9.17) is 9.47 Å². The Balaban J connectivity index is 1.51. The molecule has 22 heavy (non-hydrogen) atoms. The Labute approximate surface area is 128 Å². The summed E-state index contributed by atoms with van der Waals surface area (Å²) in [6.45, 7) is 1.09. The number of ether oxygens (including phenoxy) is 2. The Hall–Kier alpha value is -1.80. The standard InChI is InChI=1S/C14H18N2O5S/c17-14(8-15-11-3-6-22(18,19)9-11)16-10-1-2-12-13(7-10)21-5-4-20-12/h1-2,7,11,15H,3-6,8-9H2,(H,16,17). The van der Waals surface area contributed by atoms with Gasteiger partial charge in [-0.2, -0.15) is 0 Å². The average molecular weight is 326 g/mol. The molecule has 0 aromatic heterocycles. The maximum Gasteiger partial charge on any atom is 0.238 e. The first-order valence-electron chi connectivity index (χ1n) is 7.15. The van der Waals surface area contributed by atoms with E-state index in [9.17, 15) is 13.2 Å². The minimum atomic E-state index is -2.94. The van der Waals surface area contributed by atoms with Crippen LogP contribution in [-0.2, 0) is 14.6 Å². The van der Waals surface area contributed by atoms with Crippen LogP contribution >= 0.6 is 0 Å². The second-order valence-corrected chi connectivity index (χ2v) is 7.62. The Kier molecular flexibility index (Phi) is 4.21. The number of anilines is 1. The molecule has 8 heteroatoms. The number of benzene rings is 1. The summed E-state index contributed by atoms with van der Waals surface area (Å²) in [4.78, 5) is 11.9. The van der Waals surface area contributed by atoms with Gasteiger partial charge >= 0.3 is 0 Å². The first kappa shape index (κ1) is 15.1. The normalized spacial score (nSPS) is 22.3. The van der Waals surface area contributed by atoms with E-state index >= 15 is 0 Å². The number of amides is 1. The van der Waals surface area contributed by atoms with E-state index in [1.54, 1.807) is 18.2 Å². The molecule has 2 heterocycles. The summed E-state index contributed by atoms with van der Waals surface area (Å²) in [6.07, 6.45) is 0.555. The summed E-state index contributed by atoms with van der Waals surface area (Å²) in [7, 11) is -2.94. The Bertz CT molecular complexity index is 674. The van der Waals surface area contributed by atoms with Crippen molar-refractivity contribution in [2.75, 3.05) is 36.6 Å². The van der Waals surface area contributed by atoms with Gasteiger partial charge in [-0.3, -0.25) is 4.79 Å². The molecule has 1 aromatic carbocycles. The molecule has 2 aliphatic heterocycles. The zero-order chi connectivity index (χ0) is 15.6. The molecule has 1 atom stereocenters. The highest BCUT2D eigenvalue weighted by Gasteiger charge is 2.27.